The van der Waals surface area contributed by atoms with E-state index in [2.05, 4.69) is 26.5 Å². The second kappa shape index (κ2) is 8.12. The van der Waals surface area contributed by atoms with Gasteiger partial charge >= 0.3 is 5.97 Å². The third kappa shape index (κ3) is 8.38. The van der Waals surface area contributed by atoms with Crippen molar-refractivity contribution >= 4 is 18.6 Å². The Morgan fingerprint density at radius 3 is 2.50 bits per heavy atom. The Labute approximate surface area is 91.2 Å². The van der Waals surface area contributed by atoms with E-state index in [-0.39, 0.29) is 0 Å². The average Bonchev–Trinajstić information content (AvgIpc) is 2.09. The normalized spacial score (nSPS) is 12.9. The Balaban J connectivity index is 3.18. The number of aliphatic hydroxyl groups is 1. The van der Waals surface area contributed by atoms with Gasteiger partial charge in [0.15, 0.2) is 5.44 Å². The van der Waals surface area contributed by atoms with Crippen LogP contribution < -0.4 is 0 Å². The predicted octanol–water partition coefficient (Wildman–Crippen LogP) is 1.99. The predicted molar refractivity (Wildman–Crippen MR) is 59.3 cm³/mol. The zero-order valence-electron chi connectivity index (χ0n) is 8.90. The number of unbranched alkanes of at least 4 members (excludes halogenated alkanes) is 2. The molecule has 3 nitrogen and oxygen atoms in total. The molecule has 0 bridgehead atoms. The van der Waals surface area contributed by atoms with E-state index in [1.165, 1.54) is 12.8 Å². The standard InChI is InChI=1S/C10H20O3S/c1-8(2)6-4-3-5-7-13-9(11)10(12)14/h8,10,12,14H,3-7H2,1-2H3. The summed E-state index contributed by atoms with van der Waals surface area (Å²) in [5.41, 5.74) is -1.30. The number of carbonyl (C=O) groups is 1. The lowest BCUT2D eigenvalue weighted by atomic mass is 10.1. The van der Waals surface area contributed by atoms with Crippen molar-refractivity contribution in [2.45, 2.75) is 45.0 Å². The van der Waals surface area contributed by atoms with E-state index >= 15 is 0 Å². The number of carbonyl (C=O) groups excluding carboxylic acids is 1. The third-order valence-electron chi connectivity index (χ3n) is 1.88. The molecular weight excluding hydrogens is 200 g/mol. The maximum absolute atomic E-state index is 10.7. The van der Waals surface area contributed by atoms with Crippen LogP contribution in [0.5, 0.6) is 0 Å². The van der Waals surface area contributed by atoms with Crippen molar-refractivity contribution in [3.63, 3.8) is 0 Å². The van der Waals surface area contributed by atoms with Gasteiger partial charge in [-0.2, -0.15) is 0 Å². The summed E-state index contributed by atoms with van der Waals surface area (Å²) in [7, 11) is 0. The molecule has 1 unspecified atom stereocenters. The lowest BCUT2D eigenvalue weighted by molar-refractivity contribution is -0.148. The lowest BCUT2D eigenvalue weighted by Crippen LogP contribution is -2.17. The molecule has 14 heavy (non-hydrogen) atoms. The third-order valence-corrected chi connectivity index (χ3v) is 2.09. The van der Waals surface area contributed by atoms with Gasteiger partial charge in [-0.3, -0.25) is 0 Å². The van der Waals surface area contributed by atoms with Gasteiger partial charge in [-0.05, 0) is 12.3 Å². The summed E-state index contributed by atoms with van der Waals surface area (Å²) >= 11 is 3.54. The fourth-order valence-electron chi connectivity index (χ4n) is 1.08. The number of esters is 1. The summed E-state index contributed by atoms with van der Waals surface area (Å²) in [4.78, 5) is 10.7. The van der Waals surface area contributed by atoms with Crippen LogP contribution in [0.1, 0.15) is 39.5 Å². The van der Waals surface area contributed by atoms with Crippen molar-refractivity contribution < 1.29 is 14.6 Å². The van der Waals surface area contributed by atoms with Crippen LogP contribution in [0.2, 0.25) is 0 Å². The van der Waals surface area contributed by atoms with Crippen LogP contribution in [0, 0.1) is 5.92 Å². The fourth-order valence-corrected chi connectivity index (χ4v) is 1.15. The summed E-state index contributed by atoms with van der Waals surface area (Å²) in [6.45, 7) is 4.77. The van der Waals surface area contributed by atoms with Gasteiger partial charge in [0, 0.05) is 0 Å². The maximum Gasteiger partial charge on any atom is 0.345 e. The van der Waals surface area contributed by atoms with Gasteiger partial charge in [-0.25, -0.2) is 4.79 Å². The summed E-state index contributed by atoms with van der Waals surface area (Å²) in [6, 6.07) is 0. The Bertz CT molecular complexity index is 157. The summed E-state index contributed by atoms with van der Waals surface area (Å²) < 4.78 is 4.75. The number of thiol groups is 1. The van der Waals surface area contributed by atoms with Crippen molar-refractivity contribution in [2.24, 2.45) is 5.92 Å². The van der Waals surface area contributed by atoms with Crippen LogP contribution in [0.4, 0.5) is 0 Å². The Morgan fingerprint density at radius 1 is 1.36 bits per heavy atom. The van der Waals surface area contributed by atoms with Crippen LogP contribution >= 0.6 is 12.6 Å². The minimum absolute atomic E-state index is 0.383. The first-order chi connectivity index (χ1) is 6.54. The van der Waals surface area contributed by atoms with E-state index in [9.17, 15) is 4.79 Å². The van der Waals surface area contributed by atoms with Crippen LogP contribution in [0.25, 0.3) is 0 Å². The zero-order chi connectivity index (χ0) is 11.0. The van der Waals surface area contributed by atoms with Gasteiger partial charge in [0.2, 0.25) is 0 Å². The SMILES string of the molecule is CC(C)CCCCCOC(=O)C(O)S. The van der Waals surface area contributed by atoms with Gasteiger partial charge < -0.3 is 9.84 Å². The van der Waals surface area contributed by atoms with Crippen molar-refractivity contribution in [3.05, 3.63) is 0 Å². The van der Waals surface area contributed by atoms with Gasteiger partial charge in [0.05, 0.1) is 6.61 Å². The van der Waals surface area contributed by atoms with Crippen molar-refractivity contribution in [1.82, 2.24) is 0 Å². The smallest absolute Gasteiger partial charge is 0.345 e. The Morgan fingerprint density at radius 2 is 2.00 bits per heavy atom. The highest BCUT2D eigenvalue weighted by molar-refractivity contribution is 7.81. The molecule has 84 valence electrons. The maximum atomic E-state index is 10.7. The zero-order valence-corrected chi connectivity index (χ0v) is 9.80. The number of rotatable bonds is 7. The lowest BCUT2D eigenvalue weighted by Gasteiger charge is -2.06. The molecule has 0 aromatic rings. The number of aliphatic hydroxyl groups excluding tert-OH is 1. The number of ether oxygens (including phenoxy) is 1. The fraction of sp³-hybridized carbons (Fsp3) is 0.900. The van der Waals surface area contributed by atoms with Crippen molar-refractivity contribution in [3.8, 4) is 0 Å². The molecule has 0 fully saturated rings. The molecule has 0 saturated carbocycles. The molecule has 0 saturated heterocycles. The highest BCUT2D eigenvalue weighted by atomic mass is 32.1. The molecule has 0 aromatic heterocycles. The largest absolute Gasteiger partial charge is 0.463 e. The first kappa shape index (κ1) is 13.8. The van der Waals surface area contributed by atoms with E-state index in [0.29, 0.717) is 6.61 Å². The highest BCUT2D eigenvalue weighted by Crippen LogP contribution is 2.08. The van der Waals surface area contributed by atoms with Crippen molar-refractivity contribution in [2.75, 3.05) is 6.61 Å². The highest BCUT2D eigenvalue weighted by Gasteiger charge is 2.09. The second-order valence-corrected chi connectivity index (χ2v) is 4.27. The van der Waals surface area contributed by atoms with Crippen molar-refractivity contribution in [1.29, 1.82) is 0 Å². The molecule has 0 spiro atoms. The molecule has 1 atom stereocenters. The summed E-state index contributed by atoms with van der Waals surface area (Å²) in [5, 5.41) is 8.69. The number of hydrogen-bond donors (Lipinski definition) is 2. The monoisotopic (exact) mass is 220 g/mol. The minimum atomic E-state index is -1.30. The topological polar surface area (TPSA) is 46.5 Å². The van der Waals surface area contributed by atoms with E-state index < -0.39 is 11.4 Å². The van der Waals surface area contributed by atoms with Gasteiger partial charge in [0.1, 0.15) is 0 Å². The first-order valence-corrected chi connectivity index (χ1v) is 5.58. The van der Waals surface area contributed by atoms with E-state index in [4.69, 9.17) is 9.84 Å². The first-order valence-electron chi connectivity index (χ1n) is 5.06. The van der Waals surface area contributed by atoms with Crippen LogP contribution in [-0.4, -0.2) is 23.1 Å². The molecule has 0 heterocycles. The quantitative estimate of drug-likeness (QED) is 0.298. The molecule has 0 rings (SSSR count). The second-order valence-electron chi connectivity index (χ2n) is 3.78. The Kier molecular flexibility index (Phi) is 7.99. The molecule has 0 aliphatic carbocycles. The molecule has 0 aromatic carbocycles. The molecule has 0 amide bonds. The molecule has 0 aliphatic rings. The average molecular weight is 220 g/mol. The van der Waals surface area contributed by atoms with E-state index in [0.717, 1.165) is 18.8 Å². The van der Waals surface area contributed by atoms with Crippen LogP contribution in [0.3, 0.4) is 0 Å². The van der Waals surface area contributed by atoms with Gasteiger partial charge in [0.25, 0.3) is 0 Å². The molecule has 4 heteroatoms. The number of hydrogen-bond acceptors (Lipinski definition) is 4. The minimum Gasteiger partial charge on any atom is -0.463 e. The molecule has 1 N–H and O–H groups in total. The molecule has 0 radical (unpaired) electrons. The van der Waals surface area contributed by atoms with E-state index in [1.807, 2.05) is 0 Å². The van der Waals surface area contributed by atoms with Gasteiger partial charge in [-0.1, -0.05) is 33.1 Å². The van der Waals surface area contributed by atoms with Crippen LogP contribution in [-0.2, 0) is 9.53 Å². The van der Waals surface area contributed by atoms with Crippen LogP contribution in [0.15, 0.2) is 0 Å². The van der Waals surface area contributed by atoms with E-state index in [1.54, 1.807) is 0 Å². The summed E-state index contributed by atoms with van der Waals surface area (Å²) in [6.07, 6.45) is 4.30. The summed E-state index contributed by atoms with van der Waals surface area (Å²) in [5.74, 6) is 0.0778. The van der Waals surface area contributed by atoms with Gasteiger partial charge in [-0.15, -0.1) is 12.6 Å². The molecule has 0 aliphatic heterocycles. The molecular formula is C10H20O3S. The Hall–Kier alpha value is -0.220.